The van der Waals surface area contributed by atoms with Crippen LogP contribution >= 0.6 is 11.6 Å². The summed E-state index contributed by atoms with van der Waals surface area (Å²) >= 11 is 5.97. The predicted octanol–water partition coefficient (Wildman–Crippen LogP) is 3.07. The molecule has 1 fully saturated rings. The minimum atomic E-state index is -0.282. The molecule has 1 aromatic heterocycles. The van der Waals surface area contributed by atoms with Gasteiger partial charge in [0.25, 0.3) is 5.91 Å². The van der Waals surface area contributed by atoms with Crippen LogP contribution in [0.4, 0.5) is 4.79 Å². The summed E-state index contributed by atoms with van der Waals surface area (Å²) in [5.41, 5.74) is 2.22. The highest BCUT2D eigenvalue weighted by molar-refractivity contribution is 6.30. The first-order valence-electron chi connectivity index (χ1n) is 9.00. The van der Waals surface area contributed by atoms with E-state index in [0.29, 0.717) is 43.4 Å². The average Bonchev–Trinajstić information content (AvgIpc) is 3.29. The van der Waals surface area contributed by atoms with Crippen molar-refractivity contribution in [1.29, 1.82) is 0 Å². The summed E-state index contributed by atoms with van der Waals surface area (Å²) in [4.78, 5) is 25.6. The first kappa shape index (κ1) is 18.3. The van der Waals surface area contributed by atoms with Gasteiger partial charge in [-0.05, 0) is 29.8 Å². The summed E-state index contributed by atoms with van der Waals surface area (Å²) in [7, 11) is 0. The van der Waals surface area contributed by atoms with Gasteiger partial charge in [0.05, 0.1) is 18.6 Å². The normalized spacial score (nSPS) is 13.8. The fourth-order valence-electron chi connectivity index (χ4n) is 3.11. The van der Waals surface area contributed by atoms with Gasteiger partial charge in [-0.1, -0.05) is 29.8 Å². The van der Waals surface area contributed by atoms with Gasteiger partial charge in [-0.25, -0.2) is 4.79 Å². The van der Waals surface area contributed by atoms with Gasteiger partial charge < -0.3 is 15.0 Å². The number of amides is 2. The Morgan fingerprint density at radius 1 is 1.21 bits per heavy atom. The fraction of sp³-hybridized carbons (Fsp3) is 0.250. The highest BCUT2D eigenvalue weighted by Gasteiger charge is 2.21. The second kappa shape index (κ2) is 7.90. The molecule has 0 saturated carbocycles. The van der Waals surface area contributed by atoms with Crippen LogP contribution in [-0.4, -0.2) is 46.4 Å². The van der Waals surface area contributed by atoms with Crippen molar-refractivity contribution in [2.24, 2.45) is 0 Å². The minimum absolute atomic E-state index is 0.170. The lowest BCUT2D eigenvalue weighted by atomic mass is 10.1. The van der Waals surface area contributed by atoms with Crippen molar-refractivity contribution in [3.05, 3.63) is 64.8 Å². The molecule has 8 heteroatoms. The molecule has 0 bridgehead atoms. The lowest BCUT2D eigenvalue weighted by Crippen LogP contribution is -2.28. The van der Waals surface area contributed by atoms with E-state index in [1.807, 2.05) is 30.5 Å². The summed E-state index contributed by atoms with van der Waals surface area (Å²) < 4.78 is 6.70. The monoisotopic (exact) mass is 398 g/mol. The van der Waals surface area contributed by atoms with Crippen molar-refractivity contribution < 1.29 is 14.3 Å². The predicted molar refractivity (Wildman–Crippen MR) is 105 cm³/mol. The maximum Gasteiger partial charge on any atom is 0.410 e. The van der Waals surface area contributed by atoms with Gasteiger partial charge >= 0.3 is 6.09 Å². The number of halogens is 1. The molecule has 2 aromatic carbocycles. The van der Waals surface area contributed by atoms with Gasteiger partial charge in [0.2, 0.25) is 0 Å². The van der Waals surface area contributed by atoms with Crippen LogP contribution in [0.1, 0.15) is 15.9 Å². The van der Waals surface area contributed by atoms with Crippen LogP contribution in [0.2, 0.25) is 5.02 Å². The third-order valence-corrected chi connectivity index (χ3v) is 4.84. The molecule has 0 unspecified atom stereocenters. The number of benzene rings is 2. The number of nitrogens with one attached hydrogen (secondary N) is 1. The van der Waals surface area contributed by atoms with E-state index in [1.165, 1.54) is 0 Å². The van der Waals surface area contributed by atoms with Crippen molar-refractivity contribution in [3.8, 4) is 0 Å². The molecule has 1 aliphatic rings. The number of hydrogen-bond acceptors (Lipinski definition) is 4. The van der Waals surface area contributed by atoms with Crippen LogP contribution in [-0.2, 0) is 17.8 Å². The molecule has 1 aliphatic heterocycles. The lowest BCUT2D eigenvalue weighted by molar-refractivity contribution is 0.0951. The van der Waals surface area contributed by atoms with Crippen LogP contribution in [0.3, 0.4) is 0 Å². The average molecular weight is 399 g/mol. The second-order valence-electron chi connectivity index (χ2n) is 6.58. The molecular formula is C20H19ClN4O3. The molecule has 0 radical (unpaired) electrons. The zero-order valence-electron chi connectivity index (χ0n) is 15.1. The van der Waals surface area contributed by atoms with E-state index in [9.17, 15) is 9.59 Å². The van der Waals surface area contributed by atoms with Crippen LogP contribution in [0, 0.1) is 0 Å². The number of aromatic nitrogens is 2. The molecule has 0 aliphatic carbocycles. The molecule has 0 spiro atoms. The van der Waals surface area contributed by atoms with Crippen molar-refractivity contribution in [1.82, 2.24) is 20.0 Å². The summed E-state index contributed by atoms with van der Waals surface area (Å²) in [6.07, 6.45) is 1.63. The largest absolute Gasteiger partial charge is 0.448 e. The molecule has 2 heterocycles. The quantitative estimate of drug-likeness (QED) is 0.692. The first-order chi connectivity index (χ1) is 13.6. The SMILES string of the molecule is O=C(NCc1cccc(Cl)c1)c1ccc2cn(CCN3CCOC3=O)nc2c1. The number of cyclic esters (lactones) is 1. The van der Waals surface area contributed by atoms with Crippen LogP contribution in [0.15, 0.2) is 48.7 Å². The number of rotatable bonds is 6. The van der Waals surface area contributed by atoms with Gasteiger partial charge in [-0.2, -0.15) is 5.10 Å². The number of carbonyl (C=O) groups excluding carboxylic acids is 2. The first-order valence-corrected chi connectivity index (χ1v) is 9.38. The van der Waals surface area contributed by atoms with E-state index in [2.05, 4.69) is 10.4 Å². The van der Waals surface area contributed by atoms with Crippen LogP contribution in [0.5, 0.6) is 0 Å². The number of carbonyl (C=O) groups is 2. The van der Waals surface area contributed by atoms with E-state index in [-0.39, 0.29) is 12.0 Å². The molecule has 7 nitrogen and oxygen atoms in total. The Morgan fingerprint density at radius 3 is 2.89 bits per heavy atom. The standard InChI is InChI=1S/C20H19ClN4O3/c21-17-3-1-2-14(10-17)12-22-19(26)15-4-5-16-13-25(23-18(16)11-15)7-6-24-8-9-28-20(24)27/h1-5,10-11,13H,6-9,12H2,(H,22,26). The van der Waals surface area contributed by atoms with E-state index in [4.69, 9.17) is 16.3 Å². The van der Waals surface area contributed by atoms with Gasteiger partial charge in [-0.3, -0.25) is 9.48 Å². The topological polar surface area (TPSA) is 76.5 Å². The van der Waals surface area contributed by atoms with E-state index in [0.717, 1.165) is 16.5 Å². The third kappa shape index (κ3) is 4.09. The Balaban J connectivity index is 1.40. The molecular weight excluding hydrogens is 380 g/mol. The Kier molecular flexibility index (Phi) is 5.16. The molecule has 1 saturated heterocycles. The van der Waals surface area contributed by atoms with Gasteiger partial charge in [0.1, 0.15) is 6.61 Å². The van der Waals surface area contributed by atoms with E-state index < -0.39 is 0 Å². The highest BCUT2D eigenvalue weighted by Crippen LogP contribution is 2.16. The van der Waals surface area contributed by atoms with Crippen molar-refractivity contribution >= 4 is 34.5 Å². The number of nitrogens with zero attached hydrogens (tertiary/aromatic N) is 3. The number of fused-ring (bicyclic) bond motifs is 1. The summed E-state index contributed by atoms with van der Waals surface area (Å²) in [6.45, 7) is 2.56. The summed E-state index contributed by atoms with van der Waals surface area (Å²) in [5, 5.41) is 8.98. The summed E-state index contributed by atoms with van der Waals surface area (Å²) in [6, 6.07) is 12.8. The molecule has 0 atom stereocenters. The zero-order valence-corrected chi connectivity index (χ0v) is 15.9. The van der Waals surface area contributed by atoms with Gasteiger partial charge in [-0.15, -0.1) is 0 Å². The Morgan fingerprint density at radius 2 is 2.11 bits per heavy atom. The van der Waals surface area contributed by atoms with Crippen LogP contribution < -0.4 is 5.32 Å². The van der Waals surface area contributed by atoms with Crippen LogP contribution in [0.25, 0.3) is 10.9 Å². The molecule has 1 N–H and O–H groups in total. The summed E-state index contributed by atoms with van der Waals surface area (Å²) in [5.74, 6) is -0.170. The number of ether oxygens (including phenoxy) is 1. The molecule has 4 rings (SSSR count). The van der Waals surface area contributed by atoms with Gasteiger partial charge in [0, 0.05) is 35.3 Å². The second-order valence-corrected chi connectivity index (χ2v) is 7.02. The third-order valence-electron chi connectivity index (χ3n) is 4.60. The van der Waals surface area contributed by atoms with E-state index in [1.54, 1.807) is 27.8 Å². The van der Waals surface area contributed by atoms with E-state index >= 15 is 0 Å². The van der Waals surface area contributed by atoms with Crippen molar-refractivity contribution in [3.63, 3.8) is 0 Å². The zero-order chi connectivity index (χ0) is 19.5. The number of hydrogen-bond donors (Lipinski definition) is 1. The van der Waals surface area contributed by atoms with Crippen molar-refractivity contribution in [2.45, 2.75) is 13.1 Å². The van der Waals surface area contributed by atoms with Crippen molar-refractivity contribution in [2.75, 3.05) is 19.7 Å². The maximum atomic E-state index is 12.5. The fourth-order valence-corrected chi connectivity index (χ4v) is 3.32. The Bertz CT molecular complexity index is 1030. The molecule has 28 heavy (non-hydrogen) atoms. The molecule has 3 aromatic rings. The Labute approximate surface area is 166 Å². The smallest absolute Gasteiger partial charge is 0.410 e. The lowest BCUT2D eigenvalue weighted by Gasteiger charge is -2.11. The maximum absolute atomic E-state index is 12.5. The molecule has 2 amide bonds. The highest BCUT2D eigenvalue weighted by atomic mass is 35.5. The van der Waals surface area contributed by atoms with Gasteiger partial charge in [0.15, 0.2) is 0 Å². The Hall–Kier alpha value is -3.06. The molecule has 144 valence electrons. The minimum Gasteiger partial charge on any atom is -0.448 e.